The lowest BCUT2D eigenvalue weighted by molar-refractivity contribution is 0.681. The molecule has 7 heteroatoms. The number of aromatic amines is 1. The van der Waals surface area contributed by atoms with E-state index >= 15 is 0 Å². The number of rotatable bonds is 6. The molecule has 2 aromatic carbocycles. The van der Waals surface area contributed by atoms with Gasteiger partial charge in [-0.25, -0.2) is 10.4 Å². The number of hydrogen-bond acceptors (Lipinski definition) is 6. The van der Waals surface area contributed by atoms with Gasteiger partial charge in [-0.05, 0) is 42.5 Å². The number of benzene rings is 2. The van der Waals surface area contributed by atoms with Gasteiger partial charge in [0.2, 0.25) is 5.95 Å². The summed E-state index contributed by atoms with van der Waals surface area (Å²) in [4.78, 5) is 21.7. The highest BCUT2D eigenvalue weighted by atomic mass is 16.1. The molecule has 7 nitrogen and oxygen atoms in total. The summed E-state index contributed by atoms with van der Waals surface area (Å²) in [6.45, 7) is 4.38. The first kappa shape index (κ1) is 20.4. The van der Waals surface area contributed by atoms with E-state index in [0.717, 1.165) is 37.9 Å². The van der Waals surface area contributed by atoms with Gasteiger partial charge in [0, 0.05) is 24.3 Å². The predicted molar refractivity (Wildman–Crippen MR) is 123 cm³/mol. The van der Waals surface area contributed by atoms with Gasteiger partial charge in [-0.15, -0.1) is 0 Å². The van der Waals surface area contributed by atoms with E-state index in [1.807, 2.05) is 42.5 Å². The van der Waals surface area contributed by atoms with Crippen molar-refractivity contribution in [3.8, 4) is 17.3 Å². The van der Waals surface area contributed by atoms with Gasteiger partial charge in [-0.2, -0.15) is 10.4 Å². The molecule has 3 aromatic rings. The van der Waals surface area contributed by atoms with Gasteiger partial charge < -0.3 is 4.90 Å². The minimum Gasteiger partial charge on any atom is -0.371 e. The van der Waals surface area contributed by atoms with E-state index in [1.54, 1.807) is 6.21 Å². The Morgan fingerprint density at radius 2 is 2.13 bits per heavy atom. The molecule has 0 saturated carbocycles. The fourth-order valence-corrected chi connectivity index (χ4v) is 3.88. The maximum absolute atomic E-state index is 12.3. The van der Waals surface area contributed by atoms with Crippen LogP contribution in [0.2, 0.25) is 0 Å². The summed E-state index contributed by atoms with van der Waals surface area (Å²) >= 11 is 0. The van der Waals surface area contributed by atoms with E-state index < -0.39 is 5.56 Å². The van der Waals surface area contributed by atoms with Crippen LogP contribution in [0.5, 0.6) is 0 Å². The molecule has 31 heavy (non-hydrogen) atoms. The summed E-state index contributed by atoms with van der Waals surface area (Å²) in [7, 11) is 0. The molecular weight excluding hydrogens is 388 g/mol. The highest BCUT2D eigenvalue weighted by Crippen LogP contribution is 2.27. The molecule has 0 saturated heterocycles. The molecule has 0 unspecified atom stereocenters. The zero-order valence-corrected chi connectivity index (χ0v) is 17.4. The molecule has 0 spiro atoms. The summed E-state index contributed by atoms with van der Waals surface area (Å²) in [5.74, 6) is 0.186. The van der Waals surface area contributed by atoms with E-state index in [0.29, 0.717) is 11.3 Å². The third-order valence-electron chi connectivity index (χ3n) is 5.27. The van der Waals surface area contributed by atoms with Crippen LogP contribution < -0.4 is 15.9 Å². The van der Waals surface area contributed by atoms with E-state index in [4.69, 9.17) is 0 Å². The second-order valence-electron chi connectivity index (χ2n) is 7.46. The molecule has 0 aliphatic carbocycles. The number of nitrogens with zero attached hydrogens (tertiary/aromatic N) is 4. The SMILES string of the molecule is CCCN1CCCc2cc(C=NNc3nc(-c4ccccc4)c(C#N)c(=O)[nH]3)ccc21. The summed E-state index contributed by atoms with van der Waals surface area (Å²) < 4.78 is 0. The normalized spacial score (nSPS) is 13.1. The van der Waals surface area contributed by atoms with Crippen LogP contribution in [0, 0.1) is 11.3 Å². The Labute approximate surface area is 181 Å². The molecule has 0 bridgehead atoms. The average molecular weight is 412 g/mol. The van der Waals surface area contributed by atoms with Crippen LogP contribution >= 0.6 is 0 Å². The number of H-pyrrole nitrogens is 1. The summed E-state index contributed by atoms with van der Waals surface area (Å²) in [5, 5.41) is 13.6. The summed E-state index contributed by atoms with van der Waals surface area (Å²) in [5.41, 5.74) is 6.91. The highest BCUT2D eigenvalue weighted by molar-refractivity contribution is 5.82. The average Bonchev–Trinajstić information content (AvgIpc) is 2.79. The van der Waals surface area contributed by atoms with Crippen molar-refractivity contribution >= 4 is 17.9 Å². The molecule has 1 aromatic heterocycles. The first-order valence-electron chi connectivity index (χ1n) is 10.5. The maximum atomic E-state index is 12.3. The Bertz CT molecular complexity index is 1190. The Kier molecular flexibility index (Phi) is 6.08. The number of anilines is 2. The van der Waals surface area contributed by atoms with Crippen molar-refractivity contribution in [2.45, 2.75) is 26.2 Å². The molecule has 156 valence electrons. The van der Waals surface area contributed by atoms with E-state index in [2.05, 4.69) is 44.5 Å². The third-order valence-corrected chi connectivity index (χ3v) is 5.27. The summed E-state index contributed by atoms with van der Waals surface area (Å²) in [6.07, 6.45) is 5.06. The predicted octanol–water partition coefficient (Wildman–Crippen LogP) is 3.92. The first-order chi connectivity index (χ1) is 15.2. The minimum absolute atomic E-state index is 0.0212. The fourth-order valence-electron chi connectivity index (χ4n) is 3.88. The number of nitriles is 1. The molecule has 1 aliphatic rings. The third kappa shape index (κ3) is 4.48. The molecule has 0 radical (unpaired) electrons. The first-order valence-corrected chi connectivity index (χ1v) is 10.5. The second-order valence-corrected chi connectivity index (χ2v) is 7.46. The lowest BCUT2D eigenvalue weighted by atomic mass is 9.99. The molecule has 2 N–H and O–H groups in total. The molecule has 4 rings (SSSR count). The lowest BCUT2D eigenvalue weighted by Gasteiger charge is -2.31. The largest absolute Gasteiger partial charge is 0.371 e. The molecule has 0 fully saturated rings. The van der Waals surface area contributed by atoms with Crippen LogP contribution in [0.1, 0.15) is 36.5 Å². The van der Waals surface area contributed by atoms with Crippen LogP contribution in [0.3, 0.4) is 0 Å². The number of fused-ring (bicyclic) bond motifs is 1. The van der Waals surface area contributed by atoms with Gasteiger partial charge in [0.05, 0.1) is 11.9 Å². The van der Waals surface area contributed by atoms with Gasteiger partial charge in [0.1, 0.15) is 11.6 Å². The number of aryl methyl sites for hydroxylation is 1. The van der Waals surface area contributed by atoms with Crippen LogP contribution in [0.15, 0.2) is 58.4 Å². The molecule has 1 aliphatic heterocycles. The van der Waals surface area contributed by atoms with Crippen molar-refractivity contribution in [2.75, 3.05) is 23.4 Å². The quantitative estimate of drug-likeness (QED) is 0.472. The lowest BCUT2D eigenvalue weighted by Crippen LogP contribution is -2.30. The zero-order chi connectivity index (χ0) is 21.6. The maximum Gasteiger partial charge on any atom is 0.270 e. The van der Waals surface area contributed by atoms with Crippen molar-refractivity contribution in [1.82, 2.24) is 9.97 Å². The summed E-state index contributed by atoms with van der Waals surface area (Å²) in [6, 6.07) is 17.5. The molecule has 2 heterocycles. The number of aromatic nitrogens is 2. The van der Waals surface area contributed by atoms with Crippen LogP contribution in [-0.4, -0.2) is 29.3 Å². The van der Waals surface area contributed by atoms with Crippen molar-refractivity contribution < 1.29 is 0 Å². The van der Waals surface area contributed by atoms with Gasteiger partial charge in [-0.3, -0.25) is 9.78 Å². The zero-order valence-electron chi connectivity index (χ0n) is 17.4. The van der Waals surface area contributed by atoms with Gasteiger partial charge in [0.25, 0.3) is 5.56 Å². The van der Waals surface area contributed by atoms with Crippen LogP contribution in [-0.2, 0) is 6.42 Å². The Morgan fingerprint density at radius 3 is 2.90 bits per heavy atom. The van der Waals surface area contributed by atoms with Crippen LogP contribution in [0.25, 0.3) is 11.3 Å². The van der Waals surface area contributed by atoms with Crippen molar-refractivity contribution in [1.29, 1.82) is 5.26 Å². The van der Waals surface area contributed by atoms with E-state index in [9.17, 15) is 10.1 Å². The molecule has 0 amide bonds. The Morgan fingerprint density at radius 1 is 1.29 bits per heavy atom. The number of nitrogens with one attached hydrogen (secondary N) is 2. The minimum atomic E-state index is -0.501. The Hall–Kier alpha value is -3.92. The van der Waals surface area contributed by atoms with E-state index in [1.165, 1.54) is 11.3 Å². The smallest absolute Gasteiger partial charge is 0.270 e. The van der Waals surface area contributed by atoms with Crippen LogP contribution in [0.4, 0.5) is 11.6 Å². The topological polar surface area (TPSA) is 97.2 Å². The fraction of sp³-hybridized carbons (Fsp3) is 0.250. The monoisotopic (exact) mass is 412 g/mol. The van der Waals surface area contributed by atoms with Gasteiger partial charge >= 0.3 is 0 Å². The number of hydrazone groups is 1. The second kappa shape index (κ2) is 9.26. The van der Waals surface area contributed by atoms with Crippen molar-refractivity contribution in [2.24, 2.45) is 5.10 Å². The highest BCUT2D eigenvalue weighted by Gasteiger charge is 2.16. The van der Waals surface area contributed by atoms with E-state index in [-0.39, 0.29) is 11.5 Å². The van der Waals surface area contributed by atoms with Crippen molar-refractivity contribution in [3.63, 3.8) is 0 Å². The molecule has 0 atom stereocenters. The molecular formula is C24H24N6O. The van der Waals surface area contributed by atoms with Gasteiger partial charge in [-0.1, -0.05) is 43.3 Å². The van der Waals surface area contributed by atoms with Crippen molar-refractivity contribution in [3.05, 3.63) is 75.6 Å². The number of hydrogen-bond donors (Lipinski definition) is 2. The van der Waals surface area contributed by atoms with Gasteiger partial charge in [0.15, 0.2) is 0 Å². The Balaban J connectivity index is 1.55. The standard InChI is InChI=1S/C24H24N6O/c1-2-12-30-13-6-9-19-14-17(10-11-21(19)30)16-26-29-24-27-22(18-7-4-3-5-8-18)20(15-25)23(31)28-24/h3-5,7-8,10-11,14,16H,2,6,9,12-13H2,1H3,(H2,27,28,29,31).